The molecule has 2 atom stereocenters. The first-order chi connectivity index (χ1) is 8.25. The van der Waals surface area contributed by atoms with Gasteiger partial charge in [-0.3, -0.25) is 9.69 Å². The largest absolute Gasteiger partial charge is 0.391 e. The van der Waals surface area contributed by atoms with Crippen LogP contribution in [0, 0.1) is 0 Å². The minimum Gasteiger partial charge on any atom is -0.391 e. The third-order valence-corrected chi connectivity index (χ3v) is 3.65. The summed E-state index contributed by atoms with van der Waals surface area (Å²) in [5.41, 5.74) is 0. The molecule has 0 aromatic heterocycles. The van der Waals surface area contributed by atoms with Gasteiger partial charge in [-0.1, -0.05) is 12.8 Å². The summed E-state index contributed by atoms with van der Waals surface area (Å²) in [6.07, 6.45) is 3.56. The minimum atomic E-state index is -0.351. The number of aliphatic hydroxyl groups is 1. The maximum absolute atomic E-state index is 11.8. The number of rotatable bonds is 3. The van der Waals surface area contributed by atoms with Crippen LogP contribution in [0.15, 0.2) is 0 Å². The van der Waals surface area contributed by atoms with Crippen LogP contribution in [0.1, 0.15) is 25.7 Å². The summed E-state index contributed by atoms with van der Waals surface area (Å²) in [5.74, 6) is 0.0536. The van der Waals surface area contributed by atoms with Crippen LogP contribution >= 0.6 is 0 Å². The third kappa shape index (κ3) is 3.94. The number of nitrogens with zero attached hydrogens (tertiary/aromatic N) is 1. The van der Waals surface area contributed by atoms with Crippen LogP contribution in [-0.4, -0.2) is 60.8 Å². The highest BCUT2D eigenvalue weighted by Gasteiger charge is 2.25. The van der Waals surface area contributed by atoms with Gasteiger partial charge in [-0.25, -0.2) is 0 Å². The number of carbonyl (C=O) groups excluding carboxylic acids is 1. The second kappa shape index (κ2) is 6.33. The highest BCUT2D eigenvalue weighted by atomic mass is 16.3. The lowest BCUT2D eigenvalue weighted by Gasteiger charge is -2.30. The molecule has 3 N–H and O–H groups in total. The van der Waals surface area contributed by atoms with Gasteiger partial charge in [-0.05, 0) is 12.8 Å². The van der Waals surface area contributed by atoms with E-state index in [9.17, 15) is 9.90 Å². The van der Waals surface area contributed by atoms with Gasteiger partial charge in [-0.15, -0.1) is 0 Å². The lowest BCUT2D eigenvalue weighted by molar-refractivity contribution is -0.124. The second-order valence-corrected chi connectivity index (χ2v) is 5.05. The first-order valence-electron chi connectivity index (χ1n) is 6.66. The quantitative estimate of drug-likeness (QED) is 0.612. The lowest BCUT2D eigenvalue weighted by Crippen LogP contribution is -2.51. The van der Waals surface area contributed by atoms with Gasteiger partial charge in [0.2, 0.25) is 5.91 Å². The van der Waals surface area contributed by atoms with Gasteiger partial charge >= 0.3 is 0 Å². The topological polar surface area (TPSA) is 64.6 Å². The molecule has 1 amide bonds. The van der Waals surface area contributed by atoms with Crippen molar-refractivity contribution in [2.45, 2.75) is 37.8 Å². The van der Waals surface area contributed by atoms with E-state index in [1.165, 1.54) is 0 Å². The molecular formula is C12H23N3O2. The van der Waals surface area contributed by atoms with Gasteiger partial charge in [0.25, 0.3) is 0 Å². The fourth-order valence-corrected chi connectivity index (χ4v) is 2.60. The van der Waals surface area contributed by atoms with Crippen molar-refractivity contribution < 1.29 is 9.90 Å². The Labute approximate surface area is 103 Å². The number of hydrogen-bond acceptors (Lipinski definition) is 4. The fraction of sp³-hybridized carbons (Fsp3) is 0.917. The van der Waals surface area contributed by atoms with Crippen molar-refractivity contribution in [3.8, 4) is 0 Å². The molecule has 1 heterocycles. The normalized spacial score (nSPS) is 31.1. The van der Waals surface area contributed by atoms with Gasteiger partial charge in [-0.2, -0.15) is 0 Å². The highest BCUT2D eigenvalue weighted by Crippen LogP contribution is 2.18. The van der Waals surface area contributed by atoms with Crippen molar-refractivity contribution in [1.82, 2.24) is 15.5 Å². The molecule has 2 rings (SSSR count). The van der Waals surface area contributed by atoms with E-state index < -0.39 is 0 Å². The molecule has 2 aliphatic rings. The maximum atomic E-state index is 11.8. The standard InChI is InChI=1S/C12H23N3O2/c16-11-4-2-1-3-10(11)14-12(17)9-15-7-5-13-6-8-15/h10-11,13,16H,1-9H2,(H,14,17)/t10-,11-/m0/s1. The van der Waals surface area contributed by atoms with E-state index in [0.29, 0.717) is 6.54 Å². The zero-order valence-electron chi connectivity index (χ0n) is 10.3. The van der Waals surface area contributed by atoms with E-state index in [-0.39, 0.29) is 18.1 Å². The van der Waals surface area contributed by atoms with Gasteiger partial charge in [0, 0.05) is 26.2 Å². The van der Waals surface area contributed by atoms with Crippen LogP contribution < -0.4 is 10.6 Å². The Morgan fingerprint density at radius 1 is 1.29 bits per heavy atom. The Kier molecular flexibility index (Phi) is 4.76. The molecule has 0 aromatic rings. The Bertz CT molecular complexity index is 254. The summed E-state index contributed by atoms with van der Waals surface area (Å²) >= 11 is 0. The highest BCUT2D eigenvalue weighted by molar-refractivity contribution is 5.78. The number of aliphatic hydroxyl groups excluding tert-OH is 1. The van der Waals surface area contributed by atoms with Crippen molar-refractivity contribution in [2.75, 3.05) is 32.7 Å². The number of piperazine rings is 1. The van der Waals surface area contributed by atoms with Crippen LogP contribution in [0.5, 0.6) is 0 Å². The van der Waals surface area contributed by atoms with Crippen molar-refractivity contribution in [1.29, 1.82) is 0 Å². The van der Waals surface area contributed by atoms with Crippen LogP contribution in [0.25, 0.3) is 0 Å². The molecule has 0 unspecified atom stereocenters. The molecule has 0 bridgehead atoms. The molecule has 5 nitrogen and oxygen atoms in total. The van der Waals surface area contributed by atoms with Crippen LogP contribution in [0.2, 0.25) is 0 Å². The third-order valence-electron chi connectivity index (χ3n) is 3.65. The molecule has 5 heteroatoms. The van der Waals surface area contributed by atoms with Gasteiger partial charge in [0.15, 0.2) is 0 Å². The Hall–Kier alpha value is -0.650. The number of hydrogen-bond donors (Lipinski definition) is 3. The molecule has 0 radical (unpaired) electrons. The molecule has 17 heavy (non-hydrogen) atoms. The summed E-state index contributed by atoms with van der Waals surface area (Å²) < 4.78 is 0. The van der Waals surface area contributed by atoms with Crippen molar-refractivity contribution >= 4 is 5.91 Å². The van der Waals surface area contributed by atoms with Crippen LogP contribution in [0.4, 0.5) is 0 Å². The first-order valence-corrected chi connectivity index (χ1v) is 6.66. The van der Waals surface area contributed by atoms with Gasteiger partial charge < -0.3 is 15.7 Å². The smallest absolute Gasteiger partial charge is 0.234 e. The molecule has 0 spiro atoms. The van der Waals surface area contributed by atoms with Crippen LogP contribution in [0.3, 0.4) is 0 Å². The second-order valence-electron chi connectivity index (χ2n) is 5.05. The number of amides is 1. The first kappa shape index (κ1) is 12.8. The van der Waals surface area contributed by atoms with Gasteiger partial charge in [0.1, 0.15) is 0 Å². The number of carbonyl (C=O) groups is 1. The summed E-state index contributed by atoms with van der Waals surface area (Å²) in [4.78, 5) is 14.0. The predicted octanol–water partition coefficient (Wildman–Crippen LogP) is -0.689. The Morgan fingerprint density at radius 3 is 2.71 bits per heavy atom. The SMILES string of the molecule is O=C(CN1CCNCC1)N[C@H]1CCCC[C@@H]1O. The zero-order valence-corrected chi connectivity index (χ0v) is 10.3. The molecular weight excluding hydrogens is 218 g/mol. The average Bonchev–Trinajstić information content (AvgIpc) is 2.33. The minimum absolute atomic E-state index is 0.0286. The molecule has 1 aliphatic heterocycles. The molecule has 98 valence electrons. The molecule has 2 fully saturated rings. The number of nitrogens with one attached hydrogen (secondary N) is 2. The van der Waals surface area contributed by atoms with E-state index in [0.717, 1.165) is 51.9 Å². The van der Waals surface area contributed by atoms with Crippen molar-refractivity contribution in [2.24, 2.45) is 0 Å². The summed E-state index contributed by atoms with van der Waals surface area (Å²) in [6.45, 7) is 4.24. The zero-order chi connectivity index (χ0) is 12.1. The molecule has 1 saturated carbocycles. The summed E-state index contributed by atoms with van der Waals surface area (Å²) in [7, 11) is 0. The molecule has 0 aromatic carbocycles. The van der Waals surface area contributed by atoms with Crippen molar-refractivity contribution in [3.63, 3.8) is 0 Å². The van der Waals surface area contributed by atoms with Gasteiger partial charge in [0.05, 0.1) is 18.7 Å². The lowest BCUT2D eigenvalue weighted by atomic mass is 9.92. The summed E-state index contributed by atoms with van der Waals surface area (Å²) in [6, 6.07) is -0.0286. The Balaban J connectivity index is 1.72. The van der Waals surface area contributed by atoms with Crippen LogP contribution in [-0.2, 0) is 4.79 Å². The van der Waals surface area contributed by atoms with Crippen molar-refractivity contribution in [3.05, 3.63) is 0 Å². The maximum Gasteiger partial charge on any atom is 0.234 e. The molecule has 1 aliphatic carbocycles. The van der Waals surface area contributed by atoms with E-state index in [1.54, 1.807) is 0 Å². The van der Waals surface area contributed by atoms with E-state index in [4.69, 9.17) is 0 Å². The predicted molar refractivity (Wildman–Crippen MR) is 65.7 cm³/mol. The van der Waals surface area contributed by atoms with E-state index >= 15 is 0 Å². The van der Waals surface area contributed by atoms with E-state index in [1.807, 2.05) is 0 Å². The fourth-order valence-electron chi connectivity index (χ4n) is 2.60. The Morgan fingerprint density at radius 2 is 2.00 bits per heavy atom. The summed E-state index contributed by atoms with van der Waals surface area (Å²) in [5, 5.41) is 16.0. The monoisotopic (exact) mass is 241 g/mol. The average molecular weight is 241 g/mol. The van der Waals surface area contributed by atoms with E-state index in [2.05, 4.69) is 15.5 Å². The molecule has 1 saturated heterocycles.